The number of halogens is 1. The van der Waals surface area contributed by atoms with E-state index in [9.17, 15) is 9.59 Å². The van der Waals surface area contributed by atoms with E-state index >= 15 is 0 Å². The highest BCUT2D eigenvalue weighted by molar-refractivity contribution is 7.99. The van der Waals surface area contributed by atoms with E-state index < -0.39 is 0 Å². The van der Waals surface area contributed by atoms with Gasteiger partial charge in [0.25, 0.3) is 5.56 Å². The molecule has 1 amide bonds. The van der Waals surface area contributed by atoms with Crippen LogP contribution in [0.3, 0.4) is 0 Å². The van der Waals surface area contributed by atoms with E-state index in [-0.39, 0.29) is 35.2 Å². The van der Waals surface area contributed by atoms with E-state index in [4.69, 9.17) is 11.6 Å². The number of aromatic nitrogens is 2. The maximum atomic E-state index is 13.0. The summed E-state index contributed by atoms with van der Waals surface area (Å²) >= 11 is 7.38. The number of amides is 1. The fraction of sp³-hybridized carbons (Fsp3) is 0.550. The van der Waals surface area contributed by atoms with Crippen molar-refractivity contribution in [3.63, 3.8) is 0 Å². The molecule has 1 aromatic heterocycles. The first-order chi connectivity index (χ1) is 12.6. The molecule has 0 fully saturated rings. The fourth-order valence-corrected chi connectivity index (χ4v) is 4.23. The third-order valence-corrected chi connectivity index (χ3v) is 5.35. The van der Waals surface area contributed by atoms with E-state index in [1.807, 2.05) is 46.4 Å². The van der Waals surface area contributed by atoms with Gasteiger partial charge in [0.2, 0.25) is 5.91 Å². The van der Waals surface area contributed by atoms with Gasteiger partial charge in [-0.15, -0.1) is 0 Å². The van der Waals surface area contributed by atoms with Crippen molar-refractivity contribution in [1.82, 2.24) is 14.5 Å². The predicted octanol–water partition coefficient (Wildman–Crippen LogP) is 4.44. The summed E-state index contributed by atoms with van der Waals surface area (Å²) in [6, 6.07) is 5.38. The molecule has 0 aliphatic heterocycles. The minimum atomic E-state index is -0.115. The van der Waals surface area contributed by atoms with Crippen molar-refractivity contribution in [3.05, 3.63) is 33.6 Å². The molecule has 0 aliphatic rings. The highest BCUT2D eigenvalue weighted by Gasteiger charge is 2.21. The van der Waals surface area contributed by atoms with Crippen LogP contribution in [0.25, 0.3) is 10.9 Å². The Morgan fingerprint density at radius 2 is 1.81 bits per heavy atom. The topological polar surface area (TPSA) is 55.2 Å². The number of thioether (sulfide) groups is 1. The molecule has 0 saturated carbocycles. The second-order valence-electron chi connectivity index (χ2n) is 7.64. The van der Waals surface area contributed by atoms with Crippen molar-refractivity contribution in [2.75, 3.05) is 5.75 Å². The van der Waals surface area contributed by atoms with Crippen molar-refractivity contribution < 1.29 is 4.79 Å². The zero-order valence-corrected chi connectivity index (χ0v) is 18.4. The van der Waals surface area contributed by atoms with Crippen LogP contribution in [0.1, 0.15) is 41.5 Å². The van der Waals surface area contributed by atoms with Crippen LogP contribution in [0.4, 0.5) is 0 Å². The number of carbonyl (C=O) groups excluding carboxylic acids is 1. The van der Waals surface area contributed by atoms with Crippen LogP contribution in [0.2, 0.25) is 5.02 Å². The van der Waals surface area contributed by atoms with Gasteiger partial charge >= 0.3 is 0 Å². The summed E-state index contributed by atoms with van der Waals surface area (Å²) in [5.41, 5.74) is 0.486. The van der Waals surface area contributed by atoms with Crippen molar-refractivity contribution in [2.45, 2.75) is 65.3 Å². The average molecular weight is 410 g/mol. The summed E-state index contributed by atoms with van der Waals surface area (Å²) in [5.74, 6) is 0.575. The molecule has 27 heavy (non-hydrogen) atoms. The molecule has 0 saturated heterocycles. The Morgan fingerprint density at radius 3 is 2.37 bits per heavy atom. The van der Waals surface area contributed by atoms with Gasteiger partial charge in [0.15, 0.2) is 5.16 Å². The van der Waals surface area contributed by atoms with Gasteiger partial charge < -0.3 is 4.90 Å². The van der Waals surface area contributed by atoms with E-state index in [1.165, 1.54) is 11.8 Å². The predicted molar refractivity (Wildman–Crippen MR) is 114 cm³/mol. The summed E-state index contributed by atoms with van der Waals surface area (Å²) in [6.07, 6.45) is 0. The minimum Gasteiger partial charge on any atom is -0.337 e. The average Bonchev–Trinajstić information content (AvgIpc) is 2.55. The highest BCUT2D eigenvalue weighted by atomic mass is 35.5. The van der Waals surface area contributed by atoms with Crippen LogP contribution < -0.4 is 5.56 Å². The molecule has 1 aromatic carbocycles. The van der Waals surface area contributed by atoms with E-state index in [2.05, 4.69) is 4.98 Å². The van der Waals surface area contributed by atoms with E-state index in [0.29, 0.717) is 27.6 Å². The summed E-state index contributed by atoms with van der Waals surface area (Å²) in [7, 11) is 0. The van der Waals surface area contributed by atoms with Crippen molar-refractivity contribution in [1.29, 1.82) is 0 Å². The fourth-order valence-electron chi connectivity index (χ4n) is 3.18. The Bertz CT molecular complexity index is 869. The standard InChI is InChI=1S/C20H28ClN3O2S/c1-12(2)10-23-19(26)16-9-15(21)7-8-17(16)22-20(23)27-11-18(25)24(13(3)4)14(5)6/h7-9,12-14H,10-11H2,1-6H3. The first-order valence-corrected chi connectivity index (χ1v) is 10.6. The maximum absolute atomic E-state index is 13.0. The SMILES string of the molecule is CC(C)Cn1c(SCC(=O)N(C(C)C)C(C)C)nc2ccc(Cl)cc2c1=O. The molecule has 2 rings (SSSR count). The molecule has 0 radical (unpaired) electrons. The highest BCUT2D eigenvalue weighted by Crippen LogP contribution is 2.22. The second kappa shape index (κ2) is 9.11. The molecular weight excluding hydrogens is 382 g/mol. The number of hydrogen-bond acceptors (Lipinski definition) is 4. The molecule has 148 valence electrons. The van der Waals surface area contributed by atoms with Crippen molar-refractivity contribution in [2.24, 2.45) is 5.92 Å². The summed E-state index contributed by atoms with van der Waals surface area (Å²) < 4.78 is 1.66. The Hall–Kier alpha value is -1.53. The summed E-state index contributed by atoms with van der Waals surface area (Å²) in [6.45, 7) is 12.7. The lowest BCUT2D eigenvalue weighted by Gasteiger charge is -2.30. The third kappa shape index (κ3) is 5.26. The smallest absolute Gasteiger partial charge is 0.262 e. The molecule has 0 atom stereocenters. The van der Waals surface area contributed by atoms with Crippen LogP contribution in [0.5, 0.6) is 0 Å². The van der Waals surface area contributed by atoms with Crippen molar-refractivity contribution in [3.8, 4) is 0 Å². The number of nitrogens with zero attached hydrogens (tertiary/aromatic N) is 3. The van der Waals surface area contributed by atoms with Gasteiger partial charge in [0.1, 0.15) is 0 Å². The van der Waals surface area contributed by atoms with Gasteiger partial charge in [-0.1, -0.05) is 37.2 Å². The molecule has 7 heteroatoms. The van der Waals surface area contributed by atoms with Gasteiger partial charge in [-0.3, -0.25) is 14.2 Å². The van der Waals surface area contributed by atoms with Gasteiger partial charge in [-0.2, -0.15) is 0 Å². The van der Waals surface area contributed by atoms with Crippen LogP contribution >= 0.6 is 23.4 Å². The molecule has 0 N–H and O–H groups in total. The summed E-state index contributed by atoms with van der Waals surface area (Å²) in [5, 5.41) is 1.59. The molecule has 2 aromatic rings. The molecule has 0 aliphatic carbocycles. The van der Waals surface area contributed by atoms with Crippen molar-refractivity contribution >= 4 is 40.2 Å². The van der Waals surface area contributed by atoms with Crippen LogP contribution in [-0.2, 0) is 11.3 Å². The van der Waals surface area contributed by atoms with Gasteiger partial charge in [-0.05, 0) is 51.8 Å². The number of carbonyl (C=O) groups is 1. The quantitative estimate of drug-likeness (QED) is 0.501. The molecule has 0 spiro atoms. The first-order valence-electron chi connectivity index (χ1n) is 9.25. The van der Waals surface area contributed by atoms with Crippen LogP contribution in [0, 0.1) is 5.92 Å². The molecular formula is C20H28ClN3O2S. The van der Waals surface area contributed by atoms with Gasteiger partial charge in [0, 0.05) is 23.7 Å². The monoisotopic (exact) mass is 409 g/mol. The van der Waals surface area contributed by atoms with Gasteiger partial charge in [-0.25, -0.2) is 4.98 Å². The lowest BCUT2D eigenvalue weighted by Crippen LogP contribution is -2.43. The maximum Gasteiger partial charge on any atom is 0.262 e. The van der Waals surface area contributed by atoms with E-state index in [0.717, 1.165) is 0 Å². The Labute approximate surface area is 170 Å². The van der Waals surface area contributed by atoms with Crippen LogP contribution in [0.15, 0.2) is 28.2 Å². The second-order valence-corrected chi connectivity index (χ2v) is 9.02. The third-order valence-electron chi connectivity index (χ3n) is 4.15. The largest absolute Gasteiger partial charge is 0.337 e. The Kier molecular flexibility index (Phi) is 7.34. The number of fused-ring (bicyclic) bond motifs is 1. The Morgan fingerprint density at radius 1 is 1.19 bits per heavy atom. The number of hydrogen-bond donors (Lipinski definition) is 0. The normalized spacial score (nSPS) is 11.8. The Balaban J connectivity index is 2.40. The summed E-state index contributed by atoms with van der Waals surface area (Å²) in [4.78, 5) is 32.2. The first kappa shape index (κ1) is 21.8. The zero-order chi connectivity index (χ0) is 20.3. The van der Waals surface area contributed by atoms with Gasteiger partial charge in [0.05, 0.1) is 16.7 Å². The minimum absolute atomic E-state index is 0.0477. The molecule has 5 nitrogen and oxygen atoms in total. The zero-order valence-electron chi connectivity index (χ0n) is 16.8. The molecule has 0 bridgehead atoms. The number of rotatable bonds is 7. The number of benzene rings is 1. The lowest BCUT2D eigenvalue weighted by atomic mass is 10.2. The molecule has 1 heterocycles. The molecule has 0 unspecified atom stereocenters. The van der Waals surface area contributed by atoms with E-state index in [1.54, 1.807) is 22.8 Å². The lowest BCUT2D eigenvalue weighted by molar-refractivity contribution is -0.131. The van der Waals surface area contributed by atoms with Crippen LogP contribution in [-0.4, -0.2) is 38.2 Å².